The minimum Gasteiger partial charge on any atom is -0.438 e. The molecule has 0 fully saturated rings. The fraction of sp³-hybridized carbons (Fsp3) is 0.111. The van der Waals surface area contributed by atoms with Gasteiger partial charge in [0.15, 0.2) is 0 Å². The summed E-state index contributed by atoms with van der Waals surface area (Å²) >= 11 is 0. The minimum absolute atomic E-state index is 0.0736. The average Bonchev–Trinajstić information content (AvgIpc) is 3.38. The zero-order chi connectivity index (χ0) is 25.0. The standard InChI is InChI=1S/C27H21N5O4/c1-16-23(26(33)30(28-16)18-9-5-3-6-10-18)25-21-15-20(32(34)35)13-14-22(21)36-27-24(25)17(2)29-31(27)19-11-7-4-8-12-19/h3-15,25,28H,1-2H3. The number of H-pyrrole nitrogens is 1. The Bertz CT molecular complexity index is 1680. The van der Waals surface area contributed by atoms with Gasteiger partial charge in [0.2, 0.25) is 5.88 Å². The summed E-state index contributed by atoms with van der Waals surface area (Å²) in [6, 6.07) is 23.3. The van der Waals surface area contributed by atoms with Crippen LogP contribution in [0, 0.1) is 24.0 Å². The van der Waals surface area contributed by atoms with Crippen LogP contribution in [0.15, 0.2) is 83.7 Å². The van der Waals surface area contributed by atoms with Crippen LogP contribution < -0.4 is 10.3 Å². The molecule has 0 saturated heterocycles. The van der Waals surface area contributed by atoms with E-state index < -0.39 is 10.8 Å². The highest BCUT2D eigenvalue weighted by Gasteiger charge is 2.38. The van der Waals surface area contributed by atoms with Crippen molar-refractivity contribution in [3.05, 3.63) is 127 Å². The summed E-state index contributed by atoms with van der Waals surface area (Å²) in [5.41, 5.74) is 4.25. The Balaban J connectivity index is 1.64. The molecule has 0 bridgehead atoms. The SMILES string of the molecule is Cc1nn(-c2ccccc2)c2c1C(c1c(C)[nH]n(-c3ccccc3)c1=O)c1cc([N+](=O)[O-])ccc1O2. The molecule has 9 heteroatoms. The van der Waals surface area contributed by atoms with Crippen LogP contribution in [0.1, 0.15) is 34.0 Å². The Labute approximate surface area is 205 Å². The Hall–Kier alpha value is -4.92. The molecule has 1 aliphatic rings. The minimum atomic E-state index is -0.616. The fourth-order valence-electron chi connectivity index (χ4n) is 4.88. The molecule has 1 aliphatic heterocycles. The molecule has 3 heterocycles. The number of aromatic nitrogens is 4. The van der Waals surface area contributed by atoms with Gasteiger partial charge in [0, 0.05) is 23.4 Å². The summed E-state index contributed by atoms with van der Waals surface area (Å²) in [6.45, 7) is 3.69. The van der Waals surface area contributed by atoms with Gasteiger partial charge in [-0.3, -0.25) is 20.0 Å². The van der Waals surface area contributed by atoms with E-state index in [1.165, 1.54) is 16.8 Å². The molecule has 0 amide bonds. The van der Waals surface area contributed by atoms with Gasteiger partial charge in [-0.15, -0.1) is 0 Å². The van der Waals surface area contributed by atoms with Crippen molar-refractivity contribution in [3.63, 3.8) is 0 Å². The lowest BCUT2D eigenvalue weighted by atomic mass is 9.83. The van der Waals surface area contributed by atoms with Crippen LogP contribution in [0.2, 0.25) is 0 Å². The quantitative estimate of drug-likeness (QED) is 0.277. The Kier molecular flexibility index (Phi) is 4.85. The van der Waals surface area contributed by atoms with Crippen LogP contribution >= 0.6 is 0 Å². The molecule has 1 N–H and O–H groups in total. The molecule has 178 valence electrons. The van der Waals surface area contributed by atoms with Gasteiger partial charge in [-0.2, -0.15) is 5.10 Å². The van der Waals surface area contributed by atoms with E-state index in [9.17, 15) is 14.9 Å². The zero-order valence-corrected chi connectivity index (χ0v) is 19.5. The summed E-state index contributed by atoms with van der Waals surface area (Å²) in [4.78, 5) is 25.0. The molecule has 0 aliphatic carbocycles. The molecule has 0 saturated carbocycles. The highest BCUT2D eigenvalue weighted by molar-refractivity contribution is 5.62. The first-order chi connectivity index (χ1) is 17.4. The lowest BCUT2D eigenvalue weighted by molar-refractivity contribution is -0.384. The number of fused-ring (bicyclic) bond motifs is 2. The first kappa shape index (κ1) is 21.6. The average molecular weight is 479 g/mol. The second-order valence-electron chi connectivity index (χ2n) is 8.69. The number of nitrogens with one attached hydrogen (secondary N) is 1. The van der Waals surface area contributed by atoms with Crippen LogP contribution in [0.4, 0.5) is 5.69 Å². The number of benzene rings is 3. The number of rotatable bonds is 4. The second-order valence-corrected chi connectivity index (χ2v) is 8.69. The van der Waals surface area contributed by atoms with Gasteiger partial charge in [-0.05, 0) is 44.2 Å². The van der Waals surface area contributed by atoms with Gasteiger partial charge in [0.1, 0.15) is 5.75 Å². The molecule has 1 unspecified atom stereocenters. The molecule has 36 heavy (non-hydrogen) atoms. The Morgan fingerprint density at radius 1 is 0.944 bits per heavy atom. The predicted octanol–water partition coefficient (Wildman–Crippen LogP) is 5.16. The van der Waals surface area contributed by atoms with Crippen LogP contribution in [0.3, 0.4) is 0 Å². The molecule has 5 aromatic rings. The van der Waals surface area contributed by atoms with Crippen LogP contribution in [0.5, 0.6) is 11.6 Å². The second kappa shape index (κ2) is 8.09. The summed E-state index contributed by atoms with van der Waals surface area (Å²) in [5, 5.41) is 19.6. The normalized spacial score (nSPS) is 14.1. The maximum Gasteiger partial charge on any atom is 0.275 e. The van der Waals surface area contributed by atoms with Gasteiger partial charge in [-0.25, -0.2) is 9.36 Å². The number of non-ortho nitro benzene ring substituents is 1. The van der Waals surface area contributed by atoms with E-state index in [4.69, 9.17) is 9.84 Å². The number of nitro groups is 1. The summed E-state index contributed by atoms with van der Waals surface area (Å²) in [7, 11) is 0. The number of hydrogen-bond donors (Lipinski definition) is 1. The number of ether oxygens (including phenoxy) is 1. The first-order valence-electron chi connectivity index (χ1n) is 11.4. The van der Waals surface area contributed by atoms with Crippen molar-refractivity contribution < 1.29 is 9.66 Å². The van der Waals surface area contributed by atoms with E-state index in [-0.39, 0.29) is 11.2 Å². The van der Waals surface area contributed by atoms with E-state index in [0.29, 0.717) is 45.4 Å². The van der Waals surface area contributed by atoms with Crippen molar-refractivity contribution in [1.82, 2.24) is 19.6 Å². The molecule has 1 atom stereocenters. The van der Waals surface area contributed by atoms with Crippen molar-refractivity contribution in [2.24, 2.45) is 0 Å². The van der Waals surface area contributed by atoms with Crippen LogP contribution in [0.25, 0.3) is 11.4 Å². The number of nitrogens with zero attached hydrogens (tertiary/aromatic N) is 4. The topological polar surface area (TPSA) is 108 Å². The zero-order valence-electron chi connectivity index (χ0n) is 19.5. The molecule has 9 nitrogen and oxygen atoms in total. The van der Waals surface area contributed by atoms with E-state index in [2.05, 4.69) is 5.10 Å². The van der Waals surface area contributed by atoms with E-state index in [1.807, 2.05) is 74.5 Å². The maximum absolute atomic E-state index is 13.8. The number of nitro benzene ring substituents is 1. The van der Waals surface area contributed by atoms with Crippen molar-refractivity contribution in [2.45, 2.75) is 19.8 Å². The number of aryl methyl sites for hydroxylation is 2. The van der Waals surface area contributed by atoms with Crippen molar-refractivity contribution in [1.29, 1.82) is 0 Å². The molecule has 2 aromatic heterocycles. The smallest absolute Gasteiger partial charge is 0.275 e. The van der Waals surface area contributed by atoms with Gasteiger partial charge in [-0.1, -0.05) is 36.4 Å². The molecule has 0 radical (unpaired) electrons. The van der Waals surface area contributed by atoms with E-state index in [1.54, 1.807) is 10.7 Å². The maximum atomic E-state index is 13.8. The largest absolute Gasteiger partial charge is 0.438 e. The van der Waals surface area contributed by atoms with Gasteiger partial charge < -0.3 is 4.74 Å². The van der Waals surface area contributed by atoms with Gasteiger partial charge >= 0.3 is 0 Å². The van der Waals surface area contributed by atoms with E-state index >= 15 is 0 Å². The number of para-hydroxylation sites is 2. The van der Waals surface area contributed by atoms with Crippen molar-refractivity contribution >= 4 is 5.69 Å². The van der Waals surface area contributed by atoms with Gasteiger partial charge in [0.25, 0.3) is 11.2 Å². The summed E-state index contributed by atoms with van der Waals surface area (Å²) < 4.78 is 9.50. The predicted molar refractivity (Wildman–Crippen MR) is 134 cm³/mol. The molecular formula is C27H21N5O4. The van der Waals surface area contributed by atoms with Crippen molar-refractivity contribution in [2.75, 3.05) is 0 Å². The third kappa shape index (κ3) is 3.24. The number of aromatic amines is 1. The van der Waals surface area contributed by atoms with Crippen LogP contribution in [-0.2, 0) is 0 Å². The highest BCUT2D eigenvalue weighted by atomic mass is 16.6. The Morgan fingerprint density at radius 3 is 2.28 bits per heavy atom. The Morgan fingerprint density at radius 2 is 1.61 bits per heavy atom. The van der Waals surface area contributed by atoms with Gasteiger partial charge in [0.05, 0.1) is 39.0 Å². The molecule has 6 rings (SSSR count). The van der Waals surface area contributed by atoms with Crippen molar-refractivity contribution in [3.8, 4) is 23.0 Å². The fourth-order valence-corrected chi connectivity index (χ4v) is 4.88. The molecule has 3 aromatic carbocycles. The molecular weight excluding hydrogens is 458 g/mol. The third-order valence-electron chi connectivity index (χ3n) is 6.49. The lowest BCUT2D eigenvalue weighted by Crippen LogP contribution is -2.23. The lowest BCUT2D eigenvalue weighted by Gasteiger charge is -2.26. The van der Waals surface area contributed by atoms with Crippen LogP contribution in [-0.4, -0.2) is 24.5 Å². The summed E-state index contributed by atoms with van der Waals surface area (Å²) in [5.74, 6) is 0.313. The third-order valence-corrected chi connectivity index (χ3v) is 6.49. The summed E-state index contributed by atoms with van der Waals surface area (Å²) in [6.07, 6.45) is 0. The number of hydrogen-bond acceptors (Lipinski definition) is 5. The first-order valence-corrected chi connectivity index (χ1v) is 11.4. The van der Waals surface area contributed by atoms with E-state index in [0.717, 1.165) is 5.69 Å². The molecule has 0 spiro atoms. The monoisotopic (exact) mass is 479 g/mol. The highest BCUT2D eigenvalue weighted by Crippen LogP contribution is 2.50.